The lowest BCUT2D eigenvalue weighted by Gasteiger charge is -2.11. The van der Waals surface area contributed by atoms with Gasteiger partial charge in [0.2, 0.25) is 0 Å². The summed E-state index contributed by atoms with van der Waals surface area (Å²) in [5.74, 6) is -0.192. The molecule has 7 heteroatoms. The molecule has 2 rings (SSSR count). The Kier molecular flexibility index (Phi) is 4.72. The number of unbranched alkanes of at least 4 members (excludes halogenated alkanes) is 1. The minimum atomic E-state index is -0.543. The van der Waals surface area contributed by atoms with Gasteiger partial charge >= 0.3 is 6.03 Å². The van der Waals surface area contributed by atoms with Crippen LogP contribution >= 0.6 is 0 Å². The van der Waals surface area contributed by atoms with Crippen LogP contribution in [0.2, 0.25) is 0 Å². The highest BCUT2D eigenvalue weighted by atomic mass is 16.2. The van der Waals surface area contributed by atoms with Gasteiger partial charge < -0.3 is 5.32 Å². The van der Waals surface area contributed by atoms with Gasteiger partial charge in [0.1, 0.15) is 6.04 Å². The molecule has 1 aromatic rings. The van der Waals surface area contributed by atoms with E-state index in [-0.39, 0.29) is 18.0 Å². The number of nitrogens with zero attached hydrogens (tertiary/aromatic N) is 4. The van der Waals surface area contributed by atoms with Crippen molar-refractivity contribution in [2.45, 2.75) is 45.2 Å². The van der Waals surface area contributed by atoms with Crippen molar-refractivity contribution in [1.82, 2.24) is 25.2 Å². The number of hydrogen-bond donors (Lipinski definition) is 1. The maximum atomic E-state index is 12.2. The highest BCUT2D eigenvalue weighted by molar-refractivity contribution is 6.04. The summed E-state index contributed by atoms with van der Waals surface area (Å²) in [5, 5.41) is 10.7. The number of nitrogens with one attached hydrogen (secondary N) is 1. The predicted molar refractivity (Wildman–Crippen MR) is 77.6 cm³/mol. The fourth-order valence-corrected chi connectivity index (χ4v) is 2.19. The van der Waals surface area contributed by atoms with E-state index in [2.05, 4.69) is 22.2 Å². The maximum absolute atomic E-state index is 12.2. The van der Waals surface area contributed by atoms with Crippen molar-refractivity contribution in [1.29, 1.82) is 0 Å². The van der Waals surface area contributed by atoms with Gasteiger partial charge in [-0.2, -0.15) is 0 Å². The first-order valence-electron chi connectivity index (χ1n) is 7.16. The summed E-state index contributed by atoms with van der Waals surface area (Å²) >= 11 is 0. The first-order chi connectivity index (χ1) is 10.0. The lowest BCUT2D eigenvalue weighted by molar-refractivity contribution is -0.127. The Hall–Kier alpha value is -2.18. The third-order valence-electron chi connectivity index (χ3n) is 3.40. The Morgan fingerprint density at radius 1 is 1.48 bits per heavy atom. The number of urea groups is 1. The average Bonchev–Trinajstić information content (AvgIpc) is 2.99. The van der Waals surface area contributed by atoms with Gasteiger partial charge in [-0.15, -0.1) is 11.7 Å². The summed E-state index contributed by atoms with van der Waals surface area (Å²) < 4.78 is 1.73. The van der Waals surface area contributed by atoms with Gasteiger partial charge in [0.15, 0.2) is 0 Å². The molecule has 1 atom stereocenters. The fourth-order valence-electron chi connectivity index (χ4n) is 2.19. The first kappa shape index (κ1) is 15.2. The first-order valence-corrected chi connectivity index (χ1v) is 7.16. The van der Waals surface area contributed by atoms with Crippen LogP contribution in [0.4, 0.5) is 4.79 Å². The number of imide groups is 1. The molecule has 114 valence electrons. The molecule has 0 bridgehead atoms. The molecule has 7 nitrogen and oxygen atoms in total. The zero-order valence-corrected chi connectivity index (χ0v) is 12.5. The lowest BCUT2D eigenvalue weighted by atomic mass is 10.1. The van der Waals surface area contributed by atoms with Gasteiger partial charge in [-0.25, -0.2) is 9.48 Å². The molecule has 0 unspecified atom stereocenters. The van der Waals surface area contributed by atoms with Crippen molar-refractivity contribution >= 4 is 11.9 Å². The zero-order valence-electron chi connectivity index (χ0n) is 12.5. The monoisotopic (exact) mass is 291 g/mol. The SMILES string of the molecule is C=CCCCN1C(=O)N[C@H](Cc2cn(C(C)C)nn2)C1=O. The Balaban J connectivity index is 1.96. The molecule has 0 aliphatic carbocycles. The molecule has 0 radical (unpaired) electrons. The van der Waals surface area contributed by atoms with E-state index in [9.17, 15) is 9.59 Å². The number of carbonyl (C=O) groups is 2. The maximum Gasteiger partial charge on any atom is 0.324 e. The van der Waals surface area contributed by atoms with Gasteiger partial charge in [-0.05, 0) is 26.7 Å². The van der Waals surface area contributed by atoms with Crippen LogP contribution in [0.25, 0.3) is 0 Å². The van der Waals surface area contributed by atoms with Crippen molar-refractivity contribution in [3.8, 4) is 0 Å². The molecule has 1 N–H and O–H groups in total. The van der Waals surface area contributed by atoms with Crippen LogP contribution in [0.15, 0.2) is 18.9 Å². The molecule has 1 saturated heterocycles. The molecule has 1 fully saturated rings. The number of aromatic nitrogens is 3. The molecule has 2 heterocycles. The molecular weight excluding hydrogens is 270 g/mol. The Morgan fingerprint density at radius 3 is 2.86 bits per heavy atom. The summed E-state index contributed by atoms with van der Waals surface area (Å²) in [5.41, 5.74) is 0.704. The second-order valence-corrected chi connectivity index (χ2v) is 5.41. The van der Waals surface area contributed by atoms with Crippen molar-refractivity contribution in [3.05, 3.63) is 24.5 Å². The van der Waals surface area contributed by atoms with E-state index in [0.29, 0.717) is 18.7 Å². The summed E-state index contributed by atoms with van der Waals surface area (Å²) in [7, 11) is 0. The van der Waals surface area contributed by atoms with E-state index < -0.39 is 6.04 Å². The van der Waals surface area contributed by atoms with Crippen molar-refractivity contribution in [2.24, 2.45) is 0 Å². The molecule has 1 aliphatic heterocycles. The number of carbonyl (C=O) groups excluding carboxylic acids is 2. The third-order valence-corrected chi connectivity index (χ3v) is 3.40. The molecule has 1 aliphatic rings. The quantitative estimate of drug-likeness (QED) is 0.466. The van der Waals surface area contributed by atoms with Crippen LogP contribution in [0.3, 0.4) is 0 Å². The van der Waals surface area contributed by atoms with Gasteiger partial charge in [0, 0.05) is 25.2 Å². The van der Waals surface area contributed by atoms with E-state index in [4.69, 9.17) is 0 Å². The van der Waals surface area contributed by atoms with Gasteiger partial charge in [0.25, 0.3) is 5.91 Å². The zero-order chi connectivity index (χ0) is 15.4. The molecule has 0 aromatic carbocycles. The summed E-state index contributed by atoms with van der Waals surface area (Å²) in [6.07, 6.45) is 5.48. The van der Waals surface area contributed by atoms with E-state index in [1.165, 1.54) is 4.90 Å². The Labute approximate surface area is 124 Å². The van der Waals surface area contributed by atoms with Crippen LogP contribution in [0.1, 0.15) is 38.4 Å². The Bertz CT molecular complexity index is 537. The molecule has 1 aromatic heterocycles. The van der Waals surface area contributed by atoms with E-state index in [1.54, 1.807) is 10.8 Å². The summed E-state index contributed by atoms with van der Waals surface area (Å²) in [4.78, 5) is 25.3. The van der Waals surface area contributed by atoms with Gasteiger partial charge in [0.05, 0.1) is 5.69 Å². The minimum Gasteiger partial charge on any atom is -0.325 e. The van der Waals surface area contributed by atoms with E-state index >= 15 is 0 Å². The van der Waals surface area contributed by atoms with Crippen molar-refractivity contribution in [3.63, 3.8) is 0 Å². The number of rotatable bonds is 7. The van der Waals surface area contributed by atoms with Crippen LogP contribution in [0, 0.1) is 0 Å². The molecular formula is C14H21N5O2. The lowest BCUT2D eigenvalue weighted by Crippen LogP contribution is -2.33. The van der Waals surface area contributed by atoms with Crippen LogP contribution < -0.4 is 5.32 Å². The van der Waals surface area contributed by atoms with Crippen LogP contribution in [-0.2, 0) is 11.2 Å². The standard InChI is InChI=1S/C14H21N5O2/c1-4-5-6-7-18-13(20)12(15-14(18)21)8-11-9-19(10(2)3)17-16-11/h4,9-10,12H,1,5-8H2,2-3H3,(H,15,21)/t12-/m1/s1. The summed E-state index contributed by atoms with van der Waals surface area (Å²) in [6, 6.07) is -0.653. The van der Waals surface area contributed by atoms with Crippen molar-refractivity contribution < 1.29 is 9.59 Å². The smallest absolute Gasteiger partial charge is 0.324 e. The highest BCUT2D eigenvalue weighted by Crippen LogP contribution is 2.12. The molecule has 0 spiro atoms. The normalized spacial score (nSPS) is 18.4. The number of allylic oxidation sites excluding steroid dienone is 1. The second kappa shape index (κ2) is 6.51. The number of amides is 3. The van der Waals surface area contributed by atoms with Gasteiger partial charge in [-0.1, -0.05) is 11.3 Å². The summed E-state index contributed by atoms with van der Waals surface area (Å²) in [6.45, 7) is 8.06. The third kappa shape index (κ3) is 3.48. The van der Waals surface area contributed by atoms with Crippen molar-refractivity contribution in [2.75, 3.05) is 6.54 Å². The number of hydrogen-bond acceptors (Lipinski definition) is 4. The van der Waals surface area contributed by atoms with E-state index in [0.717, 1.165) is 12.8 Å². The Morgan fingerprint density at radius 2 is 2.24 bits per heavy atom. The van der Waals surface area contributed by atoms with E-state index in [1.807, 2.05) is 20.0 Å². The minimum absolute atomic E-state index is 0.192. The predicted octanol–water partition coefficient (Wildman–Crippen LogP) is 1.29. The highest BCUT2D eigenvalue weighted by Gasteiger charge is 2.37. The topological polar surface area (TPSA) is 80.1 Å². The van der Waals surface area contributed by atoms with Crippen LogP contribution in [0.5, 0.6) is 0 Å². The van der Waals surface area contributed by atoms with Gasteiger partial charge in [-0.3, -0.25) is 9.69 Å². The molecule has 3 amide bonds. The fraction of sp³-hybridized carbons (Fsp3) is 0.571. The molecule has 0 saturated carbocycles. The average molecular weight is 291 g/mol. The largest absolute Gasteiger partial charge is 0.325 e. The van der Waals surface area contributed by atoms with Crippen LogP contribution in [-0.4, -0.2) is 44.4 Å². The second-order valence-electron chi connectivity index (χ2n) is 5.41. The molecule has 21 heavy (non-hydrogen) atoms.